The molecule has 0 saturated carbocycles. The van der Waals surface area contributed by atoms with E-state index in [1.807, 2.05) is 18.0 Å². The van der Waals surface area contributed by atoms with Crippen LogP contribution in [0.2, 0.25) is 0 Å². The molecule has 0 radical (unpaired) electrons. The van der Waals surface area contributed by atoms with Crippen LogP contribution >= 0.6 is 0 Å². The molecular weight excluding hydrogens is 358 g/mol. The normalized spacial score (nSPS) is 17.0. The molecule has 1 fully saturated rings. The third-order valence-corrected chi connectivity index (χ3v) is 5.22. The van der Waals surface area contributed by atoms with Crippen LogP contribution in [0.5, 0.6) is 11.5 Å². The van der Waals surface area contributed by atoms with Crippen molar-refractivity contribution in [1.82, 2.24) is 24.6 Å². The van der Waals surface area contributed by atoms with Gasteiger partial charge in [0.1, 0.15) is 22.6 Å². The fourth-order valence-corrected chi connectivity index (χ4v) is 3.88. The molecule has 1 unspecified atom stereocenters. The average molecular weight is 381 g/mol. The Hall–Kier alpha value is -3.16. The van der Waals surface area contributed by atoms with Gasteiger partial charge < -0.3 is 14.4 Å². The largest absolute Gasteiger partial charge is 0.496 e. The Morgan fingerprint density at radius 2 is 1.86 bits per heavy atom. The number of fused-ring (bicyclic) bond motifs is 1. The standard InChI is InChI=1S/C20H23N5O3/c1-24-19-18(21-9-10-22-19)17(23-24)13-6-5-11-25(12-13)20(26)16-14(27-2)7-4-8-15(16)28-3/h4,7-10,13H,5-6,11-12H2,1-3H3. The van der Waals surface area contributed by atoms with Gasteiger partial charge in [-0.3, -0.25) is 4.79 Å². The Kier molecular flexibility index (Phi) is 4.85. The van der Waals surface area contributed by atoms with Gasteiger partial charge in [0.25, 0.3) is 5.91 Å². The zero-order chi connectivity index (χ0) is 19.7. The molecule has 1 aliphatic heterocycles. The minimum atomic E-state index is -0.0923. The lowest BCUT2D eigenvalue weighted by Gasteiger charge is -2.32. The van der Waals surface area contributed by atoms with Gasteiger partial charge in [-0.2, -0.15) is 5.10 Å². The molecule has 1 atom stereocenters. The molecule has 0 spiro atoms. The van der Waals surface area contributed by atoms with E-state index in [1.165, 1.54) is 0 Å². The zero-order valence-corrected chi connectivity index (χ0v) is 16.3. The highest BCUT2D eigenvalue weighted by molar-refractivity contribution is 5.99. The molecule has 0 N–H and O–H groups in total. The first kappa shape index (κ1) is 18.2. The Morgan fingerprint density at radius 1 is 1.14 bits per heavy atom. The Balaban J connectivity index is 1.65. The van der Waals surface area contributed by atoms with Gasteiger partial charge in [-0.15, -0.1) is 0 Å². The van der Waals surface area contributed by atoms with E-state index < -0.39 is 0 Å². The lowest BCUT2D eigenvalue weighted by molar-refractivity contribution is 0.0699. The van der Waals surface area contributed by atoms with Crippen molar-refractivity contribution in [2.24, 2.45) is 7.05 Å². The highest BCUT2D eigenvalue weighted by Gasteiger charge is 2.31. The number of carbonyl (C=O) groups is 1. The second-order valence-corrected chi connectivity index (χ2v) is 6.87. The van der Waals surface area contributed by atoms with Crippen molar-refractivity contribution in [2.75, 3.05) is 27.3 Å². The van der Waals surface area contributed by atoms with Crippen LogP contribution in [0.1, 0.15) is 34.8 Å². The molecular formula is C20H23N5O3. The predicted octanol–water partition coefficient (Wildman–Crippen LogP) is 2.40. The van der Waals surface area contributed by atoms with Crippen molar-refractivity contribution in [1.29, 1.82) is 0 Å². The number of amides is 1. The molecule has 3 heterocycles. The number of hydrogen-bond acceptors (Lipinski definition) is 6. The maximum Gasteiger partial charge on any atom is 0.261 e. The zero-order valence-electron chi connectivity index (χ0n) is 16.3. The summed E-state index contributed by atoms with van der Waals surface area (Å²) in [6, 6.07) is 5.37. The van der Waals surface area contributed by atoms with Crippen LogP contribution in [0.15, 0.2) is 30.6 Å². The number of nitrogens with zero attached hydrogens (tertiary/aromatic N) is 5. The second kappa shape index (κ2) is 7.46. The van der Waals surface area contributed by atoms with Gasteiger partial charge >= 0.3 is 0 Å². The number of ether oxygens (including phenoxy) is 2. The van der Waals surface area contributed by atoms with E-state index in [2.05, 4.69) is 15.1 Å². The number of piperidine rings is 1. The number of carbonyl (C=O) groups excluding carboxylic acids is 1. The highest BCUT2D eigenvalue weighted by Crippen LogP contribution is 2.34. The van der Waals surface area contributed by atoms with Gasteiger partial charge in [-0.05, 0) is 25.0 Å². The van der Waals surface area contributed by atoms with E-state index in [4.69, 9.17) is 9.47 Å². The van der Waals surface area contributed by atoms with Crippen LogP contribution in [0.25, 0.3) is 11.2 Å². The van der Waals surface area contributed by atoms with Crippen molar-refractivity contribution in [3.63, 3.8) is 0 Å². The first-order valence-electron chi connectivity index (χ1n) is 9.28. The van der Waals surface area contributed by atoms with Crippen molar-refractivity contribution in [3.8, 4) is 11.5 Å². The van der Waals surface area contributed by atoms with E-state index >= 15 is 0 Å². The molecule has 1 aliphatic rings. The number of aromatic nitrogens is 4. The quantitative estimate of drug-likeness (QED) is 0.690. The molecule has 0 bridgehead atoms. The number of benzene rings is 1. The second-order valence-electron chi connectivity index (χ2n) is 6.87. The summed E-state index contributed by atoms with van der Waals surface area (Å²) < 4.78 is 12.6. The fourth-order valence-electron chi connectivity index (χ4n) is 3.88. The SMILES string of the molecule is COc1cccc(OC)c1C(=O)N1CCCC(c2nn(C)c3nccnc23)C1. The van der Waals surface area contributed by atoms with Crippen LogP contribution in [-0.4, -0.2) is 57.9 Å². The summed E-state index contributed by atoms with van der Waals surface area (Å²) in [4.78, 5) is 24.0. The predicted molar refractivity (Wildman–Crippen MR) is 104 cm³/mol. The van der Waals surface area contributed by atoms with E-state index in [-0.39, 0.29) is 11.8 Å². The fraction of sp³-hybridized carbons (Fsp3) is 0.400. The molecule has 2 aromatic heterocycles. The first-order chi connectivity index (χ1) is 13.6. The van der Waals surface area contributed by atoms with Crippen LogP contribution in [0.4, 0.5) is 0 Å². The average Bonchev–Trinajstić information content (AvgIpc) is 3.09. The summed E-state index contributed by atoms with van der Waals surface area (Å²) in [5, 5.41) is 4.65. The lowest BCUT2D eigenvalue weighted by atomic mass is 9.93. The molecule has 0 aliphatic carbocycles. The Labute approximate surface area is 163 Å². The summed E-state index contributed by atoms with van der Waals surface area (Å²) in [5.41, 5.74) is 2.92. The monoisotopic (exact) mass is 381 g/mol. The molecule has 1 saturated heterocycles. The van der Waals surface area contributed by atoms with Crippen molar-refractivity contribution in [2.45, 2.75) is 18.8 Å². The smallest absolute Gasteiger partial charge is 0.261 e. The Bertz CT molecular complexity index is 994. The summed E-state index contributed by atoms with van der Waals surface area (Å²) in [6.07, 6.45) is 5.19. The van der Waals surface area contributed by atoms with Crippen LogP contribution in [-0.2, 0) is 7.05 Å². The topological polar surface area (TPSA) is 82.4 Å². The van der Waals surface area contributed by atoms with Crippen LogP contribution in [0.3, 0.4) is 0 Å². The summed E-state index contributed by atoms with van der Waals surface area (Å²) in [6.45, 7) is 1.26. The molecule has 1 amide bonds. The van der Waals surface area contributed by atoms with Crippen LogP contribution in [0, 0.1) is 0 Å². The van der Waals surface area contributed by atoms with Gasteiger partial charge in [0.05, 0.1) is 19.9 Å². The third kappa shape index (κ3) is 3.04. The molecule has 28 heavy (non-hydrogen) atoms. The summed E-state index contributed by atoms with van der Waals surface area (Å²) in [5.74, 6) is 1.05. The lowest BCUT2D eigenvalue weighted by Crippen LogP contribution is -2.39. The molecule has 4 rings (SSSR count). The van der Waals surface area contributed by atoms with Gasteiger partial charge in [-0.1, -0.05) is 6.07 Å². The van der Waals surface area contributed by atoms with E-state index in [0.29, 0.717) is 30.2 Å². The minimum absolute atomic E-state index is 0.0923. The number of likely N-dealkylation sites (tertiary alicyclic amines) is 1. The van der Waals surface area contributed by atoms with Gasteiger partial charge in [0.15, 0.2) is 5.65 Å². The maximum atomic E-state index is 13.3. The minimum Gasteiger partial charge on any atom is -0.496 e. The molecule has 146 valence electrons. The highest BCUT2D eigenvalue weighted by atomic mass is 16.5. The van der Waals surface area contributed by atoms with Crippen molar-refractivity contribution in [3.05, 3.63) is 41.9 Å². The Morgan fingerprint density at radius 3 is 2.57 bits per heavy atom. The van der Waals surface area contributed by atoms with Crippen molar-refractivity contribution < 1.29 is 14.3 Å². The number of aryl methyl sites for hydroxylation is 1. The van der Waals surface area contributed by atoms with Crippen molar-refractivity contribution >= 4 is 17.1 Å². The van der Waals surface area contributed by atoms with Gasteiger partial charge in [0.2, 0.25) is 0 Å². The molecule has 8 nitrogen and oxygen atoms in total. The maximum absolute atomic E-state index is 13.3. The summed E-state index contributed by atoms with van der Waals surface area (Å²) >= 11 is 0. The first-order valence-corrected chi connectivity index (χ1v) is 9.28. The number of rotatable bonds is 4. The number of hydrogen-bond donors (Lipinski definition) is 0. The van der Waals surface area contributed by atoms with E-state index in [9.17, 15) is 4.79 Å². The van der Waals surface area contributed by atoms with Gasteiger partial charge in [0, 0.05) is 38.4 Å². The molecule has 1 aromatic carbocycles. The van der Waals surface area contributed by atoms with E-state index in [1.54, 1.807) is 43.4 Å². The van der Waals surface area contributed by atoms with E-state index in [0.717, 1.165) is 29.7 Å². The van der Waals surface area contributed by atoms with Crippen LogP contribution < -0.4 is 9.47 Å². The molecule has 8 heteroatoms. The third-order valence-electron chi connectivity index (χ3n) is 5.22. The van der Waals surface area contributed by atoms with Gasteiger partial charge in [-0.25, -0.2) is 14.6 Å². The summed E-state index contributed by atoms with van der Waals surface area (Å²) in [7, 11) is 4.98. The number of methoxy groups -OCH3 is 2. The molecule has 3 aromatic rings.